The van der Waals surface area contributed by atoms with Crippen molar-refractivity contribution in [1.82, 2.24) is 15.5 Å². The van der Waals surface area contributed by atoms with Gasteiger partial charge in [0.1, 0.15) is 6.61 Å². The summed E-state index contributed by atoms with van der Waals surface area (Å²) in [5.74, 6) is 6.07. The van der Waals surface area contributed by atoms with Gasteiger partial charge < -0.3 is 10.1 Å². The van der Waals surface area contributed by atoms with Gasteiger partial charge >= 0.3 is 6.09 Å². The molecule has 0 saturated heterocycles. The van der Waals surface area contributed by atoms with Crippen LogP contribution in [0, 0.1) is 11.8 Å². The van der Waals surface area contributed by atoms with E-state index < -0.39 is 6.09 Å². The molecule has 1 heterocycles. The molecular formula is C25H19N3O2. The van der Waals surface area contributed by atoms with Crippen molar-refractivity contribution >= 4 is 17.0 Å². The summed E-state index contributed by atoms with van der Waals surface area (Å²) < 4.78 is 5.52. The normalized spacial score (nSPS) is 12.0. The second-order valence-corrected chi connectivity index (χ2v) is 7.12. The molecule has 0 unspecified atom stereocenters. The van der Waals surface area contributed by atoms with Crippen LogP contribution in [0.1, 0.15) is 22.6 Å². The van der Waals surface area contributed by atoms with Gasteiger partial charge in [0.2, 0.25) is 0 Å². The molecule has 0 spiro atoms. The minimum atomic E-state index is -0.467. The zero-order valence-electron chi connectivity index (χ0n) is 16.2. The van der Waals surface area contributed by atoms with Crippen LogP contribution in [0.4, 0.5) is 4.79 Å². The summed E-state index contributed by atoms with van der Waals surface area (Å²) in [7, 11) is 0. The lowest BCUT2D eigenvalue weighted by atomic mass is 9.98. The van der Waals surface area contributed by atoms with Gasteiger partial charge in [-0.1, -0.05) is 72.5 Å². The number of nitrogens with one attached hydrogen (secondary N) is 2. The van der Waals surface area contributed by atoms with E-state index in [0.717, 1.165) is 16.5 Å². The van der Waals surface area contributed by atoms with E-state index in [0.29, 0.717) is 6.61 Å². The van der Waals surface area contributed by atoms with Crippen molar-refractivity contribution in [2.45, 2.75) is 5.92 Å². The predicted molar refractivity (Wildman–Crippen MR) is 116 cm³/mol. The van der Waals surface area contributed by atoms with E-state index in [-0.39, 0.29) is 12.5 Å². The molecule has 5 heteroatoms. The smallest absolute Gasteiger partial charge is 0.407 e. The van der Waals surface area contributed by atoms with Crippen molar-refractivity contribution in [3.05, 3.63) is 89.6 Å². The van der Waals surface area contributed by atoms with Crippen LogP contribution in [0.2, 0.25) is 0 Å². The molecule has 1 aliphatic rings. The molecule has 0 bridgehead atoms. The monoisotopic (exact) mass is 393 g/mol. The van der Waals surface area contributed by atoms with Crippen molar-refractivity contribution in [2.75, 3.05) is 13.2 Å². The van der Waals surface area contributed by atoms with Crippen LogP contribution in [-0.4, -0.2) is 29.4 Å². The maximum Gasteiger partial charge on any atom is 0.407 e. The summed E-state index contributed by atoms with van der Waals surface area (Å²) in [5, 5.41) is 10.7. The fourth-order valence-electron chi connectivity index (χ4n) is 3.98. The number of carbonyl (C=O) groups excluding carboxylic acids is 1. The highest BCUT2D eigenvalue weighted by molar-refractivity contribution is 5.84. The molecule has 1 aromatic heterocycles. The van der Waals surface area contributed by atoms with Crippen molar-refractivity contribution in [3.8, 4) is 23.0 Å². The van der Waals surface area contributed by atoms with E-state index in [1.807, 2.05) is 42.5 Å². The number of amides is 1. The van der Waals surface area contributed by atoms with Gasteiger partial charge in [0.25, 0.3) is 0 Å². The Morgan fingerprint density at radius 3 is 2.50 bits per heavy atom. The molecule has 1 amide bonds. The van der Waals surface area contributed by atoms with Gasteiger partial charge in [-0.25, -0.2) is 4.79 Å². The first kappa shape index (κ1) is 18.0. The molecule has 4 aromatic rings. The van der Waals surface area contributed by atoms with Crippen LogP contribution in [0.5, 0.6) is 0 Å². The van der Waals surface area contributed by atoms with Crippen LogP contribution in [0.25, 0.3) is 22.0 Å². The fourth-order valence-corrected chi connectivity index (χ4v) is 3.98. The number of aromatic nitrogens is 2. The number of hydrogen-bond donors (Lipinski definition) is 2. The largest absolute Gasteiger partial charge is 0.449 e. The summed E-state index contributed by atoms with van der Waals surface area (Å²) in [6.45, 7) is 0.502. The Kier molecular flexibility index (Phi) is 4.66. The van der Waals surface area contributed by atoms with Crippen molar-refractivity contribution in [3.63, 3.8) is 0 Å². The first-order valence-electron chi connectivity index (χ1n) is 9.81. The van der Waals surface area contributed by atoms with Crippen LogP contribution >= 0.6 is 0 Å². The van der Waals surface area contributed by atoms with Crippen molar-refractivity contribution < 1.29 is 9.53 Å². The highest BCUT2D eigenvalue weighted by Crippen LogP contribution is 2.44. The number of benzene rings is 3. The van der Waals surface area contributed by atoms with Crippen LogP contribution < -0.4 is 5.32 Å². The molecule has 146 valence electrons. The first-order chi connectivity index (χ1) is 14.8. The Hall–Kier alpha value is -4.04. The highest BCUT2D eigenvalue weighted by atomic mass is 16.5. The van der Waals surface area contributed by atoms with Crippen LogP contribution in [-0.2, 0) is 4.74 Å². The molecule has 0 radical (unpaired) electrons. The Morgan fingerprint density at radius 1 is 1.00 bits per heavy atom. The molecule has 5 nitrogen and oxygen atoms in total. The number of nitrogens with zero attached hydrogens (tertiary/aromatic N) is 1. The van der Waals surface area contributed by atoms with E-state index in [9.17, 15) is 4.79 Å². The Labute approximate surface area is 174 Å². The molecule has 1 aliphatic carbocycles. The molecule has 0 aliphatic heterocycles. The maximum atomic E-state index is 12.2. The van der Waals surface area contributed by atoms with Gasteiger partial charge in [-0.2, -0.15) is 5.10 Å². The average molecular weight is 393 g/mol. The van der Waals surface area contributed by atoms with Gasteiger partial charge in [-0.3, -0.25) is 5.10 Å². The summed E-state index contributed by atoms with van der Waals surface area (Å²) in [5.41, 5.74) is 6.55. The molecule has 0 fully saturated rings. The third-order valence-electron chi connectivity index (χ3n) is 5.36. The maximum absolute atomic E-state index is 12.2. The Balaban J connectivity index is 1.21. The molecule has 0 saturated carbocycles. The Bertz CT molecular complexity index is 1250. The minimum Gasteiger partial charge on any atom is -0.449 e. The number of fused-ring (bicyclic) bond motifs is 4. The lowest BCUT2D eigenvalue weighted by Crippen LogP contribution is -2.26. The predicted octanol–water partition coefficient (Wildman–Crippen LogP) is 4.45. The first-order valence-corrected chi connectivity index (χ1v) is 9.81. The van der Waals surface area contributed by atoms with E-state index in [4.69, 9.17) is 4.74 Å². The minimum absolute atomic E-state index is 0.0483. The molecule has 5 rings (SSSR count). The van der Waals surface area contributed by atoms with Gasteiger partial charge in [0.05, 0.1) is 23.8 Å². The van der Waals surface area contributed by atoms with Crippen molar-refractivity contribution in [1.29, 1.82) is 0 Å². The zero-order chi connectivity index (χ0) is 20.3. The standard InChI is InChI=1S/C25H19N3O2/c29-25(26-14-6-9-17-7-5-8-18-15-27-28-24(17)18)30-16-23-21-12-3-1-10-19(21)20-11-2-4-13-22(20)23/h1-5,7-8,10-13,15,23H,14,16H2,(H,26,29)(H,27,28). The second-order valence-electron chi connectivity index (χ2n) is 7.12. The molecule has 2 N–H and O–H groups in total. The number of rotatable bonds is 3. The second kappa shape index (κ2) is 7.76. The summed E-state index contributed by atoms with van der Waals surface area (Å²) >= 11 is 0. The van der Waals surface area contributed by atoms with Gasteiger partial charge in [-0.15, -0.1) is 0 Å². The summed E-state index contributed by atoms with van der Waals surface area (Å²) in [6.07, 6.45) is 1.29. The molecule has 30 heavy (non-hydrogen) atoms. The van der Waals surface area contributed by atoms with Crippen LogP contribution in [0.3, 0.4) is 0 Å². The summed E-state index contributed by atoms with van der Waals surface area (Å²) in [4.78, 5) is 12.2. The van der Waals surface area contributed by atoms with E-state index in [2.05, 4.69) is 51.6 Å². The number of carbonyl (C=O) groups is 1. The number of H-pyrrole nitrogens is 1. The van der Waals surface area contributed by atoms with Gasteiger partial charge in [0.15, 0.2) is 0 Å². The number of ether oxygens (including phenoxy) is 1. The fraction of sp³-hybridized carbons (Fsp3) is 0.120. The average Bonchev–Trinajstić information content (AvgIpc) is 3.39. The quantitative estimate of drug-likeness (QED) is 0.505. The van der Waals surface area contributed by atoms with Crippen LogP contribution in [0.15, 0.2) is 72.9 Å². The lowest BCUT2D eigenvalue weighted by Gasteiger charge is -2.14. The number of aromatic amines is 1. The topological polar surface area (TPSA) is 67.0 Å². The third-order valence-corrected chi connectivity index (χ3v) is 5.36. The zero-order valence-corrected chi connectivity index (χ0v) is 16.2. The number of para-hydroxylation sites is 1. The van der Waals surface area contributed by atoms with E-state index >= 15 is 0 Å². The number of alkyl carbamates (subject to hydrolysis) is 1. The highest BCUT2D eigenvalue weighted by Gasteiger charge is 2.28. The Morgan fingerprint density at radius 2 is 1.73 bits per heavy atom. The van der Waals surface area contributed by atoms with E-state index in [1.165, 1.54) is 22.3 Å². The lowest BCUT2D eigenvalue weighted by molar-refractivity contribution is 0.144. The molecule has 0 atom stereocenters. The molecular weight excluding hydrogens is 374 g/mol. The van der Waals surface area contributed by atoms with Gasteiger partial charge in [-0.05, 0) is 28.3 Å². The molecule has 3 aromatic carbocycles. The summed E-state index contributed by atoms with van der Waals surface area (Å²) in [6, 6.07) is 22.4. The van der Waals surface area contributed by atoms with Gasteiger partial charge in [0, 0.05) is 11.3 Å². The third kappa shape index (κ3) is 3.29. The van der Waals surface area contributed by atoms with Crippen molar-refractivity contribution in [2.24, 2.45) is 0 Å². The number of hydrogen-bond acceptors (Lipinski definition) is 3. The SMILES string of the molecule is O=C(NCC#Cc1cccc2cn[nH]c12)OCC1c2ccccc2-c2ccccc21. The van der Waals surface area contributed by atoms with E-state index in [1.54, 1.807) is 6.20 Å².